The van der Waals surface area contributed by atoms with E-state index in [-0.39, 0.29) is 0 Å². The first kappa shape index (κ1) is 14.7. The number of rotatable bonds is 3. The Morgan fingerprint density at radius 2 is 1.60 bits per heavy atom. The molecule has 0 saturated carbocycles. The van der Waals surface area contributed by atoms with Gasteiger partial charge in [-0.1, -0.05) is 48.5 Å². The standard InChI is InChI=1S/C12H20S.C2H6/c1-6-11-12(9(4)5)10(7-13-11)8(2)3;1-2/h7-9H,6H2,1-5H3;1-2H3. The van der Waals surface area contributed by atoms with Crippen molar-refractivity contribution in [2.75, 3.05) is 0 Å². The molecule has 1 heterocycles. The molecular formula is C14H26S. The third-order valence-corrected chi connectivity index (χ3v) is 3.62. The van der Waals surface area contributed by atoms with Gasteiger partial charge in [0.1, 0.15) is 0 Å². The molecule has 0 unspecified atom stereocenters. The zero-order valence-electron chi connectivity index (χ0n) is 11.3. The zero-order valence-corrected chi connectivity index (χ0v) is 12.2. The molecule has 1 aromatic heterocycles. The summed E-state index contributed by atoms with van der Waals surface area (Å²) in [5, 5.41) is 2.35. The molecule has 0 aliphatic rings. The average Bonchev–Trinajstić information content (AvgIpc) is 2.64. The van der Waals surface area contributed by atoms with Crippen LogP contribution in [0, 0.1) is 0 Å². The van der Waals surface area contributed by atoms with E-state index < -0.39 is 0 Å². The zero-order chi connectivity index (χ0) is 12.0. The van der Waals surface area contributed by atoms with Crippen molar-refractivity contribution in [3.63, 3.8) is 0 Å². The normalized spacial score (nSPS) is 10.5. The number of aryl methyl sites for hydroxylation is 1. The highest BCUT2D eigenvalue weighted by Gasteiger charge is 2.15. The second-order valence-electron chi connectivity index (χ2n) is 4.19. The maximum atomic E-state index is 2.35. The second-order valence-corrected chi connectivity index (χ2v) is 5.16. The Bertz CT molecular complexity index is 269. The van der Waals surface area contributed by atoms with Crippen LogP contribution in [0.3, 0.4) is 0 Å². The first-order valence-corrected chi connectivity index (χ1v) is 7.06. The van der Waals surface area contributed by atoms with Crippen LogP contribution in [0.4, 0.5) is 0 Å². The van der Waals surface area contributed by atoms with Crippen molar-refractivity contribution in [2.45, 2.75) is 66.7 Å². The van der Waals surface area contributed by atoms with Gasteiger partial charge < -0.3 is 0 Å². The summed E-state index contributed by atoms with van der Waals surface area (Å²) >= 11 is 1.93. The lowest BCUT2D eigenvalue weighted by Gasteiger charge is -2.12. The second kappa shape index (κ2) is 7.05. The van der Waals surface area contributed by atoms with E-state index in [1.165, 1.54) is 6.42 Å². The predicted octanol–water partition coefficient (Wildman–Crippen LogP) is 5.58. The van der Waals surface area contributed by atoms with Crippen molar-refractivity contribution in [1.82, 2.24) is 0 Å². The van der Waals surface area contributed by atoms with Crippen LogP contribution in [0.2, 0.25) is 0 Å². The van der Waals surface area contributed by atoms with Gasteiger partial charge in [0.15, 0.2) is 0 Å². The van der Waals surface area contributed by atoms with Gasteiger partial charge in [-0.15, -0.1) is 11.3 Å². The Balaban J connectivity index is 0.000000921. The predicted molar refractivity (Wildman–Crippen MR) is 73.2 cm³/mol. The number of hydrogen-bond donors (Lipinski definition) is 0. The summed E-state index contributed by atoms with van der Waals surface area (Å²) in [7, 11) is 0. The smallest absolute Gasteiger partial charge is 0.00800 e. The lowest BCUT2D eigenvalue weighted by molar-refractivity contribution is 0.788. The monoisotopic (exact) mass is 226 g/mol. The molecule has 0 fully saturated rings. The molecule has 0 aliphatic carbocycles. The summed E-state index contributed by atoms with van der Waals surface area (Å²) < 4.78 is 0. The number of hydrogen-bond acceptors (Lipinski definition) is 1. The third kappa shape index (κ3) is 3.64. The SMILES string of the molecule is CC.CCc1scc(C(C)C)c1C(C)C. The third-order valence-electron chi connectivity index (χ3n) is 2.46. The van der Waals surface area contributed by atoms with Gasteiger partial charge >= 0.3 is 0 Å². The van der Waals surface area contributed by atoms with E-state index in [4.69, 9.17) is 0 Å². The van der Waals surface area contributed by atoms with Gasteiger partial charge in [-0.05, 0) is 34.8 Å². The molecule has 1 rings (SSSR count). The summed E-state index contributed by atoms with van der Waals surface area (Å²) in [5.74, 6) is 1.35. The van der Waals surface area contributed by atoms with Gasteiger partial charge in [0, 0.05) is 4.88 Å². The van der Waals surface area contributed by atoms with Crippen molar-refractivity contribution in [2.24, 2.45) is 0 Å². The number of thiophene rings is 1. The van der Waals surface area contributed by atoms with Crippen LogP contribution in [0.25, 0.3) is 0 Å². The summed E-state index contributed by atoms with van der Waals surface area (Å²) in [6, 6.07) is 0. The minimum atomic E-state index is 0.675. The molecule has 0 aromatic carbocycles. The van der Waals surface area contributed by atoms with Crippen molar-refractivity contribution in [3.05, 3.63) is 21.4 Å². The van der Waals surface area contributed by atoms with Gasteiger partial charge in [-0.3, -0.25) is 0 Å². The van der Waals surface area contributed by atoms with E-state index in [0.717, 1.165) is 0 Å². The fourth-order valence-corrected chi connectivity index (χ4v) is 3.11. The first-order chi connectivity index (χ1) is 7.07. The Hall–Kier alpha value is -0.300. The van der Waals surface area contributed by atoms with Crippen LogP contribution in [0.15, 0.2) is 5.38 Å². The maximum Gasteiger partial charge on any atom is 0.00800 e. The van der Waals surface area contributed by atoms with Crippen LogP contribution in [-0.4, -0.2) is 0 Å². The van der Waals surface area contributed by atoms with E-state index in [2.05, 4.69) is 40.0 Å². The molecule has 1 aromatic rings. The molecule has 88 valence electrons. The summed E-state index contributed by atoms with van der Waals surface area (Å²) in [5.41, 5.74) is 3.18. The highest BCUT2D eigenvalue weighted by atomic mass is 32.1. The summed E-state index contributed by atoms with van der Waals surface area (Å²) in [4.78, 5) is 1.58. The van der Waals surface area contributed by atoms with Crippen LogP contribution < -0.4 is 0 Å². The summed E-state index contributed by atoms with van der Waals surface area (Å²) in [6.45, 7) is 15.4. The van der Waals surface area contributed by atoms with E-state index in [1.54, 1.807) is 16.0 Å². The highest BCUT2D eigenvalue weighted by molar-refractivity contribution is 7.10. The molecule has 0 atom stereocenters. The molecule has 0 aliphatic heterocycles. The Morgan fingerprint density at radius 1 is 1.07 bits per heavy atom. The van der Waals surface area contributed by atoms with Gasteiger partial charge in [-0.25, -0.2) is 0 Å². The molecule has 0 spiro atoms. The fourth-order valence-electron chi connectivity index (χ4n) is 1.80. The fraction of sp³-hybridized carbons (Fsp3) is 0.714. The first-order valence-electron chi connectivity index (χ1n) is 6.18. The minimum absolute atomic E-state index is 0.675. The quantitative estimate of drug-likeness (QED) is 0.631. The molecular weight excluding hydrogens is 200 g/mol. The van der Waals surface area contributed by atoms with Crippen molar-refractivity contribution in [1.29, 1.82) is 0 Å². The van der Waals surface area contributed by atoms with Gasteiger partial charge in [0.2, 0.25) is 0 Å². The molecule has 0 radical (unpaired) electrons. The van der Waals surface area contributed by atoms with E-state index in [0.29, 0.717) is 11.8 Å². The van der Waals surface area contributed by atoms with Gasteiger partial charge in [0.25, 0.3) is 0 Å². The van der Waals surface area contributed by atoms with Crippen LogP contribution in [0.5, 0.6) is 0 Å². The Labute approximate surface area is 99.7 Å². The molecule has 0 saturated heterocycles. The minimum Gasteiger partial charge on any atom is -0.148 e. The van der Waals surface area contributed by atoms with Crippen LogP contribution in [0.1, 0.15) is 76.3 Å². The molecule has 1 heteroatoms. The summed E-state index contributed by atoms with van der Waals surface area (Å²) in [6.07, 6.45) is 1.19. The average molecular weight is 226 g/mol. The lowest BCUT2D eigenvalue weighted by Crippen LogP contribution is -1.97. The highest BCUT2D eigenvalue weighted by Crippen LogP contribution is 2.34. The molecule has 0 bridgehead atoms. The molecule has 15 heavy (non-hydrogen) atoms. The van der Waals surface area contributed by atoms with Crippen molar-refractivity contribution >= 4 is 11.3 Å². The molecule has 0 amide bonds. The van der Waals surface area contributed by atoms with E-state index in [1.807, 2.05) is 25.2 Å². The van der Waals surface area contributed by atoms with Crippen molar-refractivity contribution < 1.29 is 0 Å². The molecule has 0 N–H and O–H groups in total. The van der Waals surface area contributed by atoms with E-state index >= 15 is 0 Å². The topological polar surface area (TPSA) is 0 Å². The van der Waals surface area contributed by atoms with Crippen LogP contribution >= 0.6 is 11.3 Å². The molecule has 0 nitrogen and oxygen atoms in total. The Kier molecular flexibility index (Phi) is 6.91. The Morgan fingerprint density at radius 3 is 1.93 bits per heavy atom. The lowest BCUT2D eigenvalue weighted by atomic mass is 9.92. The largest absolute Gasteiger partial charge is 0.148 e. The van der Waals surface area contributed by atoms with Gasteiger partial charge in [0.05, 0.1) is 0 Å². The van der Waals surface area contributed by atoms with E-state index in [9.17, 15) is 0 Å². The van der Waals surface area contributed by atoms with Crippen molar-refractivity contribution in [3.8, 4) is 0 Å². The van der Waals surface area contributed by atoms with Gasteiger partial charge in [-0.2, -0.15) is 0 Å². The maximum absolute atomic E-state index is 2.35. The van der Waals surface area contributed by atoms with Crippen LogP contribution in [-0.2, 0) is 6.42 Å².